The number of nitrogens with one attached hydrogen (secondary N) is 1. The van der Waals surface area contributed by atoms with Gasteiger partial charge < -0.3 is 9.30 Å². The predicted molar refractivity (Wildman–Crippen MR) is 138 cm³/mol. The molecular formula is C27H22BrN3O2. The van der Waals surface area contributed by atoms with E-state index in [1.54, 1.807) is 6.21 Å². The minimum Gasteiger partial charge on any atom is -0.483 e. The van der Waals surface area contributed by atoms with Crippen molar-refractivity contribution in [3.63, 3.8) is 0 Å². The van der Waals surface area contributed by atoms with Gasteiger partial charge in [-0.05, 0) is 63.5 Å². The van der Waals surface area contributed by atoms with Crippen LogP contribution in [0.15, 0.2) is 88.4 Å². The Morgan fingerprint density at radius 3 is 2.58 bits per heavy atom. The number of ether oxygens (including phenoxy) is 1. The van der Waals surface area contributed by atoms with Gasteiger partial charge in [-0.1, -0.05) is 54.6 Å². The molecule has 1 heterocycles. The van der Waals surface area contributed by atoms with Crippen LogP contribution in [0.3, 0.4) is 0 Å². The van der Waals surface area contributed by atoms with E-state index in [0.29, 0.717) is 5.75 Å². The summed E-state index contributed by atoms with van der Waals surface area (Å²) in [5, 5.41) is 8.64. The first-order valence-electron chi connectivity index (χ1n) is 10.8. The maximum atomic E-state index is 12.2. The zero-order chi connectivity index (χ0) is 22.8. The molecule has 0 saturated heterocycles. The molecule has 5 nitrogen and oxygen atoms in total. The fraction of sp³-hybridized carbons (Fsp3) is 0.111. The smallest absolute Gasteiger partial charge is 0.277 e. The second kappa shape index (κ2) is 9.08. The molecule has 0 aliphatic rings. The van der Waals surface area contributed by atoms with E-state index < -0.39 is 0 Å². The molecule has 0 aliphatic carbocycles. The first-order chi connectivity index (χ1) is 16.2. The van der Waals surface area contributed by atoms with Gasteiger partial charge in [-0.25, -0.2) is 5.43 Å². The van der Waals surface area contributed by atoms with Crippen LogP contribution < -0.4 is 10.2 Å². The van der Waals surface area contributed by atoms with E-state index in [4.69, 9.17) is 4.74 Å². The summed E-state index contributed by atoms with van der Waals surface area (Å²) in [4.78, 5) is 12.2. The van der Waals surface area contributed by atoms with Gasteiger partial charge >= 0.3 is 0 Å². The Morgan fingerprint density at radius 2 is 1.73 bits per heavy atom. The number of rotatable bonds is 6. The Balaban J connectivity index is 1.27. The maximum Gasteiger partial charge on any atom is 0.277 e. The number of aromatic nitrogens is 1. The van der Waals surface area contributed by atoms with Gasteiger partial charge in [0.15, 0.2) is 6.61 Å². The van der Waals surface area contributed by atoms with Crippen LogP contribution in [0.1, 0.15) is 12.5 Å². The molecule has 6 heteroatoms. The number of fused-ring (bicyclic) bond motifs is 4. The molecule has 0 saturated carbocycles. The summed E-state index contributed by atoms with van der Waals surface area (Å²) in [6, 6.07) is 26.4. The van der Waals surface area contributed by atoms with Crippen LogP contribution in [0.2, 0.25) is 0 Å². The lowest BCUT2D eigenvalue weighted by Crippen LogP contribution is -2.24. The quantitative estimate of drug-likeness (QED) is 0.221. The predicted octanol–water partition coefficient (Wildman–Crippen LogP) is 6.26. The number of hydrogen-bond donors (Lipinski definition) is 1. The van der Waals surface area contributed by atoms with Gasteiger partial charge in [0.1, 0.15) is 5.75 Å². The first-order valence-corrected chi connectivity index (χ1v) is 11.6. The molecule has 0 radical (unpaired) electrons. The van der Waals surface area contributed by atoms with E-state index in [-0.39, 0.29) is 12.5 Å². The Hall–Kier alpha value is -3.64. The van der Waals surface area contributed by atoms with Crippen molar-refractivity contribution in [3.05, 3.63) is 88.9 Å². The van der Waals surface area contributed by atoms with Gasteiger partial charge in [-0.15, -0.1) is 0 Å². The van der Waals surface area contributed by atoms with E-state index in [0.717, 1.165) is 27.4 Å². The van der Waals surface area contributed by atoms with Gasteiger partial charge in [0.2, 0.25) is 0 Å². The summed E-state index contributed by atoms with van der Waals surface area (Å²) in [6.07, 6.45) is 1.65. The van der Waals surface area contributed by atoms with Gasteiger partial charge in [0, 0.05) is 28.4 Å². The third kappa shape index (κ3) is 4.10. The number of carbonyl (C=O) groups is 1. The molecule has 0 spiro atoms. The Labute approximate surface area is 199 Å². The summed E-state index contributed by atoms with van der Waals surface area (Å²) in [5.41, 5.74) is 5.87. The minimum absolute atomic E-state index is 0.128. The zero-order valence-electron chi connectivity index (χ0n) is 18.1. The Morgan fingerprint density at radius 1 is 0.970 bits per heavy atom. The number of amides is 1. The second-order valence-corrected chi connectivity index (χ2v) is 8.51. The van der Waals surface area contributed by atoms with Gasteiger partial charge in [0.25, 0.3) is 5.91 Å². The fourth-order valence-electron chi connectivity index (χ4n) is 4.17. The van der Waals surface area contributed by atoms with Crippen molar-refractivity contribution < 1.29 is 9.53 Å². The van der Waals surface area contributed by atoms with E-state index >= 15 is 0 Å². The van der Waals surface area contributed by atoms with E-state index in [1.165, 1.54) is 21.8 Å². The van der Waals surface area contributed by atoms with E-state index in [9.17, 15) is 4.79 Å². The molecule has 0 fully saturated rings. The number of nitrogens with zero attached hydrogens (tertiary/aromatic N) is 2. The van der Waals surface area contributed by atoms with Crippen molar-refractivity contribution >= 4 is 60.6 Å². The summed E-state index contributed by atoms with van der Waals surface area (Å²) in [5.74, 6) is 0.292. The molecule has 0 atom stereocenters. The van der Waals surface area contributed by atoms with Crippen LogP contribution in [-0.4, -0.2) is 23.3 Å². The second-order valence-electron chi connectivity index (χ2n) is 7.72. The lowest BCUT2D eigenvalue weighted by molar-refractivity contribution is -0.123. The number of para-hydroxylation sites is 1. The molecule has 0 bridgehead atoms. The molecule has 33 heavy (non-hydrogen) atoms. The molecule has 164 valence electrons. The highest BCUT2D eigenvalue weighted by Crippen LogP contribution is 2.33. The Kier molecular flexibility index (Phi) is 5.84. The van der Waals surface area contributed by atoms with Gasteiger partial charge in [-0.3, -0.25) is 4.79 Å². The third-order valence-electron chi connectivity index (χ3n) is 5.70. The number of benzene rings is 4. The highest BCUT2D eigenvalue weighted by atomic mass is 79.9. The lowest BCUT2D eigenvalue weighted by atomic mass is 10.1. The summed E-state index contributed by atoms with van der Waals surface area (Å²) < 4.78 is 8.83. The molecule has 1 N–H and O–H groups in total. The average Bonchev–Trinajstić information content (AvgIpc) is 3.17. The maximum absolute atomic E-state index is 12.2. The van der Waals surface area contributed by atoms with Crippen LogP contribution in [0.5, 0.6) is 5.75 Å². The molecule has 0 unspecified atom stereocenters. The topological polar surface area (TPSA) is 55.6 Å². The van der Waals surface area contributed by atoms with E-state index in [1.807, 2.05) is 42.5 Å². The molecular weight excluding hydrogens is 478 g/mol. The molecule has 5 aromatic rings. The Bertz CT molecular complexity index is 1520. The minimum atomic E-state index is -0.324. The van der Waals surface area contributed by atoms with Crippen LogP contribution in [-0.2, 0) is 11.3 Å². The summed E-state index contributed by atoms with van der Waals surface area (Å²) in [6.45, 7) is 2.92. The van der Waals surface area contributed by atoms with Crippen LogP contribution in [0.4, 0.5) is 0 Å². The van der Waals surface area contributed by atoms with Gasteiger partial charge in [-0.2, -0.15) is 5.10 Å². The number of halogens is 1. The molecule has 5 rings (SSSR count). The standard InChI is InChI=1S/C27H22BrN3O2/c1-2-31-23-10-6-5-9-21(23)22-15-18(11-13-24(22)31)16-29-30-26(32)17-33-25-14-12-19-7-3-4-8-20(19)27(25)28/h3-16H,2,17H2,1H3,(H,30,32)/b29-16-. The number of carbonyl (C=O) groups excluding carboxylic acids is 1. The normalized spacial score (nSPS) is 11.6. The monoisotopic (exact) mass is 499 g/mol. The molecule has 4 aromatic carbocycles. The van der Waals surface area contributed by atoms with Crippen LogP contribution in [0.25, 0.3) is 32.6 Å². The average molecular weight is 500 g/mol. The molecule has 1 amide bonds. The van der Waals surface area contributed by atoms with Crippen LogP contribution >= 0.6 is 15.9 Å². The van der Waals surface area contributed by atoms with Crippen molar-refractivity contribution in [1.29, 1.82) is 0 Å². The van der Waals surface area contributed by atoms with Crippen molar-refractivity contribution in [2.24, 2.45) is 5.10 Å². The number of hydrazone groups is 1. The SMILES string of the molecule is CCn1c2ccccc2c2cc(/C=N\NC(=O)COc3ccc4ccccc4c3Br)ccc21. The molecule has 1 aromatic heterocycles. The van der Waals surface area contributed by atoms with Crippen molar-refractivity contribution in [1.82, 2.24) is 9.99 Å². The number of hydrogen-bond acceptors (Lipinski definition) is 3. The molecule has 0 aliphatic heterocycles. The van der Waals surface area contributed by atoms with Crippen LogP contribution in [0, 0.1) is 0 Å². The van der Waals surface area contributed by atoms with Crippen molar-refractivity contribution in [2.45, 2.75) is 13.5 Å². The van der Waals surface area contributed by atoms with Crippen molar-refractivity contribution in [2.75, 3.05) is 6.61 Å². The summed E-state index contributed by atoms with van der Waals surface area (Å²) in [7, 11) is 0. The highest BCUT2D eigenvalue weighted by molar-refractivity contribution is 9.10. The van der Waals surface area contributed by atoms with Crippen molar-refractivity contribution in [3.8, 4) is 5.75 Å². The zero-order valence-corrected chi connectivity index (χ0v) is 19.7. The lowest BCUT2D eigenvalue weighted by Gasteiger charge is -2.09. The first kappa shape index (κ1) is 21.2. The van der Waals surface area contributed by atoms with Gasteiger partial charge in [0.05, 0.1) is 10.7 Å². The van der Waals surface area contributed by atoms with E-state index in [2.05, 4.69) is 74.3 Å². The number of aryl methyl sites for hydroxylation is 1. The third-order valence-corrected chi connectivity index (χ3v) is 6.52. The summed E-state index contributed by atoms with van der Waals surface area (Å²) >= 11 is 3.57. The highest BCUT2D eigenvalue weighted by Gasteiger charge is 2.10. The fourth-order valence-corrected chi connectivity index (χ4v) is 4.78. The largest absolute Gasteiger partial charge is 0.483 e.